The summed E-state index contributed by atoms with van der Waals surface area (Å²) in [7, 11) is 2.43. The van der Waals surface area contributed by atoms with E-state index in [9.17, 15) is 44.1 Å². The Morgan fingerprint density at radius 1 is 0.729 bits per heavy atom. The van der Waals surface area contributed by atoms with Crippen LogP contribution in [0.2, 0.25) is 0 Å². The number of fused-ring (bicyclic) bond motifs is 6. The van der Waals surface area contributed by atoms with Crippen molar-refractivity contribution >= 4 is 35.8 Å². The molecule has 3 saturated heterocycles. The normalized spacial score (nSPS) is 34.6. The molecule has 3 N–H and O–H groups in total. The molecule has 2 aliphatic carbocycles. The molecule has 0 amide bonds. The van der Waals surface area contributed by atoms with Crippen molar-refractivity contribution < 1.29 is 86.7 Å². The summed E-state index contributed by atoms with van der Waals surface area (Å²) in [6, 6.07) is 0. The smallest absolute Gasteiger partial charge is 0.331 e. The highest BCUT2D eigenvalue weighted by Gasteiger charge is 2.60. The lowest BCUT2D eigenvalue weighted by Gasteiger charge is -2.53. The molecule has 0 aromatic heterocycles. The van der Waals surface area contributed by atoms with Gasteiger partial charge in [-0.3, -0.25) is 14.4 Å². The van der Waals surface area contributed by atoms with Crippen molar-refractivity contribution in [1.82, 2.24) is 0 Å². The first-order valence-corrected chi connectivity index (χ1v) is 31.8. The Labute approximate surface area is 505 Å². The number of aliphatic hydroxyl groups is 3. The molecule has 18 heteroatoms. The zero-order valence-corrected chi connectivity index (χ0v) is 52.6. The summed E-state index contributed by atoms with van der Waals surface area (Å²) in [6.45, 7) is 13.8. The van der Waals surface area contributed by atoms with Crippen molar-refractivity contribution in [2.24, 2.45) is 34.5 Å². The van der Waals surface area contributed by atoms with Crippen LogP contribution in [0.25, 0.3) is 0 Å². The van der Waals surface area contributed by atoms with Gasteiger partial charge in [0, 0.05) is 62.7 Å². The van der Waals surface area contributed by atoms with E-state index in [1.165, 1.54) is 97.2 Å². The maximum absolute atomic E-state index is 14.2. The first-order chi connectivity index (χ1) is 40.3. The Morgan fingerprint density at radius 3 is 2.07 bits per heavy atom. The van der Waals surface area contributed by atoms with Gasteiger partial charge in [0.05, 0.1) is 56.6 Å². The molecular formula is C67H102O18. The van der Waals surface area contributed by atoms with Crippen LogP contribution < -0.4 is 0 Å². The average Bonchev–Trinajstić information content (AvgIpc) is 1.63. The molecule has 0 aromatic rings. The molecule has 15 atom stereocenters. The van der Waals surface area contributed by atoms with Gasteiger partial charge in [0.15, 0.2) is 11.9 Å². The van der Waals surface area contributed by atoms with Gasteiger partial charge in [-0.25, -0.2) is 14.4 Å². The highest BCUT2D eigenvalue weighted by molar-refractivity contribution is 5.85. The molecule has 0 radical (unpaired) electrons. The summed E-state index contributed by atoms with van der Waals surface area (Å²) in [4.78, 5) is 80.2. The van der Waals surface area contributed by atoms with Gasteiger partial charge < -0.3 is 58.0 Å². The van der Waals surface area contributed by atoms with Crippen molar-refractivity contribution in [3.05, 3.63) is 59.8 Å². The fraction of sp³-hybridized carbons (Fsp3) is 0.761. The Balaban J connectivity index is 1.27. The van der Waals surface area contributed by atoms with E-state index in [0.29, 0.717) is 12.0 Å². The van der Waals surface area contributed by atoms with Gasteiger partial charge in [0.2, 0.25) is 5.79 Å². The van der Waals surface area contributed by atoms with Gasteiger partial charge >= 0.3 is 35.8 Å². The van der Waals surface area contributed by atoms with Crippen molar-refractivity contribution in [2.75, 3.05) is 14.2 Å². The monoisotopic (exact) mass is 1190 g/mol. The molecule has 6 aliphatic rings. The Kier molecular flexibility index (Phi) is 26.1. The summed E-state index contributed by atoms with van der Waals surface area (Å²) < 4.78 is 54.0. The average molecular weight is 1200 g/mol. The number of methoxy groups -OCH3 is 2. The summed E-state index contributed by atoms with van der Waals surface area (Å²) in [5, 5.41) is 37.7. The lowest BCUT2D eigenvalue weighted by molar-refractivity contribution is -0.348. The maximum atomic E-state index is 14.2. The van der Waals surface area contributed by atoms with E-state index in [-0.39, 0.29) is 56.9 Å². The highest BCUT2D eigenvalue weighted by Crippen LogP contribution is 2.55. The molecular weight excluding hydrogens is 1090 g/mol. The van der Waals surface area contributed by atoms with Crippen LogP contribution in [0.15, 0.2) is 59.8 Å². The topological polar surface area (TPSA) is 246 Å². The van der Waals surface area contributed by atoms with Gasteiger partial charge in [-0.1, -0.05) is 142 Å². The number of ether oxygens (including phenoxy) is 9. The van der Waals surface area contributed by atoms with Crippen molar-refractivity contribution in [3.63, 3.8) is 0 Å². The molecule has 18 nitrogen and oxygen atoms in total. The predicted molar refractivity (Wildman–Crippen MR) is 316 cm³/mol. The quantitative estimate of drug-likeness (QED) is 0.0203. The zero-order chi connectivity index (χ0) is 62.1. The van der Waals surface area contributed by atoms with Gasteiger partial charge in [0.1, 0.15) is 18.3 Å². The minimum Gasteiger partial charge on any atom is -0.466 e. The molecule has 2 saturated carbocycles. The Morgan fingerprint density at radius 2 is 1.40 bits per heavy atom. The first-order valence-electron chi connectivity index (χ1n) is 31.8. The lowest BCUT2D eigenvalue weighted by Crippen LogP contribution is -2.62. The SMILES string of the molecule is CCC/C=C/C=C/C(=O)O[C@H]1/C(=C/C(=O)OC)C[C@H]2C[C@H]([C@@H](C)OC(=O)CCCCCCCC3CC3CC3CC3CCCCC)OC(=O)C[C@H](O)CC3C[C@H](OC(C)=O)C(C)(C)[C@](O)(C[C@@H]4C/C(=C/C(=O)OC)C[C@H](/C=C\C(C)(C)[C@]1(O)O2)O4)O3. The summed E-state index contributed by atoms with van der Waals surface area (Å²) in [5.41, 5.74) is -2.12. The van der Waals surface area contributed by atoms with E-state index >= 15 is 0 Å². The van der Waals surface area contributed by atoms with Gasteiger partial charge in [-0.05, 0) is 87.5 Å². The van der Waals surface area contributed by atoms with Crippen molar-refractivity contribution in [3.8, 4) is 0 Å². The van der Waals surface area contributed by atoms with Crippen molar-refractivity contribution in [2.45, 2.75) is 276 Å². The number of carbonyl (C=O) groups is 6. The van der Waals surface area contributed by atoms with Gasteiger partial charge in [0.25, 0.3) is 0 Å². The van der Waals surface area contributed by atoms with E-state index in [1.807, 2.05) is 13.0 Å². The van der Waals surface area contributed by atoms with Crippen molar-refractivity contribution in [1.29, 1.82) is 0 Å². The highest BCUT2D eigenvalue weighted by atomic mass is 16.7. The number of hydrogen-bond acceptors (Lipinski definition) is 18. The van der Waals surface area contributed by atoms with Gasteiger partial charge in [-0.15, -0.1) is 0 Å². The van der Waals surface area contributed by atoms with Crippen LogP contribution in [0.1, 0.15) is 209 Å². The molecule has 478 valence electrons. The first kappa shape index (κ1) is 69.4. The minimum atomic E-state index is -2.51. The van der Waals surface area contributed by atoms with Crippen LogP contribution >= 0.6 is 0 Å². The van der Waals surface area contributed by atoms with E-state index in [4.69, 9.17) is 42.6 Å². The second-order valence-corrected chi connectivity index (χ2v) is 26.3. The van der Waals surface area contributed by atoms with E-state index < -0.39 is 120 Å². The molecule has 85 heavy (non-hydrogen) atoms. The largest absolute Gasteiger partial charge is 0.466 e. The van der Waals surface area contributed by atoms with Crippen LogP contribution in [-0.4, -0.2) is 132 Å². The van der Waals surface area contributed by atoms with Crippen LogP contribution in [0, 0.1) is 34.5 Å². The molecule has 0 aromatic carbocycles. The molecule has 4 heterocycles. The number of allylic oxidation sites excluding steroid dienone is 3. The number of esters is 6. The number of aliphatic hydroxyl groups excluding tert-OH is 1. The standard InChI is InChI=1S/C67H102O18/c1-11-13-15-17-22-27-59(71)83-63-50(37-61(73)78-10)36-53-40-56(43(3)79-58(70)26-23-19-16-18-21-25-47-34-49(47)35-48-33-46(48)24-20-14-12-2)82-62(74)39-51(69)38-54-41-57(80-44(4)68)65(7,8)66(75,84-54)42-55-31-45(32-60(72)77-9)30-52(81-55)28-29-64(5,6)67(63,76)85-53/h15,17,22,27-29,32,37,43,46-49,51-57,63,69,75-76H,11-14,16,18-21,23-26,30-31,33-36,38-42H2,1-10H3/b17-15+,27-22+,29-28-,45-32+,50-37+/t43-,46?,47?,48?,49?,51-,52+,53+,54?,55+,56-,57+,63+,66+,67-/m1/s1. The molecule has 0 spiro atoms. The summed E-state index contributed by atoms with van der Waals surface area (Å²) >= 11 is 0. The van der Waals surface area contributed by atoms with Crippen LogP contribution in [0.5, 0.6) is 0 Å². The zero-order valence-electron chi connectivity index (χ0n) is 52.6. The fourth-order valence-electron chi connectivity index (χ4n) is 13.1. The second kappa shape index (κ2) is 32.0. The Hall–Kier alpha value is -4.72. The van der Waals surface area contributed by atoms with E-state index in [0.717, 1.165) is 61.9 Å². The maximum Gasteiger partial charge on any atom is 0.331 e. The summed E-state index contributed by atoms with van der Waals surface area (Å²) in [5.74, 6) is -5.19. The lowest BCUT2D eigenvalue weighted by atomic mass is 9.70. The minimum absolute atomic E-state index is 0.0585. The van der Waals surface area contributed by atoms with Crippen LogP contribution in [0.3, 0.4) is 0 Å². The fourth-order valence-corrected chi connectivity index (χ4v) is 13.1. The number of cyclic esters (lactones) is 1. The summed E-state index contributed by atoms with van der Waals surface area (Å²) in [6.07, 6.45) is 18.3. The number of rotatable bonds is 24. The van der Waals surface area contributed by atoms with Crippen LogP contribution in [-0.2, 0) is 71.4 Å². The third-order valence-electron chi connectivity index (χ3n) is 18.6. The second-order valence-electron chi connectivity index (χ2n) is 26.3. The molecule has 5 fully saturated rings. The number of carbonyl (C=O) groups excluding carboxylic acids is 6. The van der Waals surface area contributed by atoms with Gasteiger partial charge in [-0.2, -0.15) is 0 Å². The number of unbranched alkanes of at least 4 members (excludes halogenated alkanes) is 7. The molecule has 4 aliphatic heterocycles. The van der Waals surface area contributed by atoms with E-state index in [2.05, 4.69) is 6.92 Å². The molecule has 6 rings (SSSR count). The molecule has 6 bridgehead atoms. The Bertz CT molecular complexity index is 2400. The number of hydrogen-bond donors (Lipinski definition) is 3. The van der Waals surface area contributed by atoms with Crippen LogP contribution in [0.4, 0.5) is 0 Å². The molecule has 5 unspecified atom stereocenters. The third-order valence-corrected chi connectivity index (χ3v) is 18.6. The third kappa shape index (κ3) is 20.4. The predicted octanol–water partition coefficient (Wildman–Crippen LogP) is 10.8. The van der Waals surface area contributed by atoms with E-state index in [1.54, 1.807) is 52.8 Å².